The number of ether oxygens (including phenoxy) is 1. The van der Waals surface area contributed by atoms with Gasteiger partial charge in [-0.05, 0) is 51.3 Å². The second-order valence-electron chi connectivity index (χ2n) is 10.6. The number of carbonyl (C=O) groups excluding carboxylic acids is 1. The third-order valence-electron chi connectivity index (χ3n) is 7.17. The summed E-state index contributed by atoms with van der Waals surface area (Å²) < 4.78 is 31.8. The van der Waals surface area contributed by atoms with Gasteiger partial charge < -0.3 is 26.6 Å². The lowest BCUT2D eigenvalue weighted by Gasteiger charge is -2.27. The molecule has 40 heavy (non-hydrogen) atoms. The molecule has 0 saturated heterocycles. The van der Waals surface area contributed by atoms with Crippen LogP contribution in [-0.4, -0.2) is 46.9 Å². The average molecular weight is 568 g/mol. The molecule has 6 N–H and O–H groups in total. The minimum Gasteiger partial charge on any atom is -0.491 e. The van der Waals surface area contributed by atoms with E-state index in [9.17, 15) is 18.3 Å². The molecule has 1 atom stereocenters. The Morgan fingerprint density at radius 3 is 2.55 bits per heavy atom. The van der Waals surface area contributed by atoms with Crippen molar-refractivity contribution in [3.8, 4) is 17.0 Å². The van der Waals surface area contributed by atoms with Gasteiger partial charge in [0.15, 0.2) is 21.3 Å². The summed E-state index contributed by atoms with van der Waals surface area (Å²) >= 11 is 0. The van der Waals surface area contributed by atoms with Crippen molar-refractivity contribution < 1.29 is 23.1 Å². The molecular formula is C29H37N5O5S. The van der Waals surface area contributed by atoms with Crippen LogP contribution in [0.2, 0.25) is 0 Å². The molecule has 0 radical (unpaired) electrons. The number of rotatable bonds is 1. The standard InChI is InChI=1S/C29H37N5O5S/c1-29(2)16-21(35)9-5-3-4-6-15-39-26-20(17-30)8-7-10-23(26)34-28(36)25-27(31)32-18-24(33-25)19-11-13-22(14-12-19)40(29,37)38/h7-8,10-14,18,21,35H,3-6,9,15-17,30H2,1-2H3,(H2,31,32)(H,34,36)/t21-/m0/s1. The van der Waals surface area contributed by atoms with Crippen molar-refractivity contribution in [3.63, 3.8) is 0 Å². The minimum atomic E-state index is -3.74. The number of benzene rings is 2. The molecule has 0 fully saturated rings. The predicted octanol–water partition coefficient (Wildman–Crippen LogP) is 4.08. The smallest absolute Gasteiger partial charge is 0.278 e. The number of carbonyl (C=O) groups is 1. The van der Waals surface area contributed by atoms with Crippen LogP contribution < -0.4 is 21.5 Å². The number of nitrogens with one attached hydrogen (secondary N) is 1. The van der Waals surface area contributed by atoms with Gasteiger partial charge in [-0.15, -0.1) is 0 Å². The molecule has 0 unspecified atom stereocenters. The molecule has 2 aliphatic rings. The van der Waals surface area contributed by atoms with Crippen LogP contribution in [0.3, 0.4) is 0 Å². The van der Waals surface area contributed by atoms with E-state index in [0.29, 0.717) is 35.7 Å². The Balaban J connectivity index is 1.72. The molecule has 5 rings (SSSR count). The second kappa shape index (κ2) is 12.3. The van der Waals surface area contributed by atoms with Gasteiger partial charge in [-0.1, -0.05) is 43.5 Å². The van der Waals surface area contributed by atoms with E-state index in [1.807, 2.05) is 6.07 Å². The first kappa shape index (κ1) is 29.4. The Morgan fingerprint density at radius 1 is 1.10 bits per heavy atom. The minimum absolute atomic E-state index is 0.0485. The highest BCUT2D eigenvalue weighted by atomic mass is 32.2. The third kappa shape index (κ3) is 6.43. The summed E-state index contributed by atoms with van der Waals surface area (Å²) in [5.74, 6) is -0.113. The highest BCUT2D eigenvalue weighted by molar-refractivity contribution is 7.92. The molecule has 0 spiro atoms. The van der Waals surface area contributed by atoms with E-state index >= 15 is 0 Å². The molecule has 3 aromatic rings. The van der Waals surface area contributed by atoms with E-state index in [2.05, 4.69) is 15.3 Å². The van der Waals surface area contributed by atoms with E-state index < -0.39 is 26.6 Å². The lowest BCUT2D eigenvalue weighted by atomic mass is 10.00. The maximum Gasteiger partial charge on any atom is 0.278 e. The van der Waals surface area contributed by atoms with Crippen LogP contribution in [0.15, 0.2) is 53.6 Å². The summed E-state index contributed by atoms with van der Waals surface area (Å²) in [4.78, 5) is 22.0. The molecule has 4 bridgehead atoms. The molecule has 214 valence electrons. The topological polar surface area (TPSA) is 171 Å². The fourth-order valence-electron chi connectivity index (χ4n) is 4.81. The number of hydrogen-bond acceptors (Lipinski definition) is 9. The normalized spacial score (nSPS) is 19.8. The van der Waals surface area contributed by atoms with E-state index in [1.54, 1.807) is 38.1 Å². The third-order valence-corrected chi connectivity index (χ3v) is 9.69. The number of aliphatic hydroxyl groups is 1. The van der Waals surface area contributed by atoms with E-state index in [4.69, 9.17) is 16.2 Å². The first-order valence-electron chi connectivity index (χ1n) is 13.5. The van der Waals surface area contributed by atoms with Crippen molar-refractivity contribution in [1.82, 2.24) is 9.97 Å². The van der Waals surface area contributed by atoms with Crippen LogP contribution in [0.25, 0.3) is 11.3 Å². The predicted molar refractivity (Wildman–Crippen MR) is 155 cm³/mol. The highest BCUT2D eigenvalue weighted by Crippen LogP contribution is 2.33. The van der Waals surface area contributed by atoms with Crippen LogP contribution in [0.1, 0.15) is 68.4 Å². The Morgan fingerprint density at radius 2 is 1.82 bits per heavy atom. The molecule has 10 nitrogen and oxygen atoms in total. The zero-order valence-electron chi connectivity index (χ0n) is 22.9. The Bertz CT molecular complexity index is 1460. The van der Waals surface area contributed by atoms with E-state index in [-0.39, 0.29) is 29.4 Å². The van der Waals surface area contributed by atoms with Crippen molar-refractivity contribution in [3.05, 3.63) is 59.9 Å². The number of nitrogens with two attached hydrogens (primary N) is 2. The van der Waals surface area contributed by atoms with Crippen molar-refractivity contribution >= 4 is 27.2 Å². The number of hydrogen-bond donors (Lipinski definition) is 4. The first-order chi connectivity index (χ1) is 19.0. The number of para-hydroxylation sites is 1. The van der Waals surface area contributed by atoms with Gasteiger partial charge in [0.25, 0.3) is 5.91 Å². The van der Waals surface area contributed by atoms with Crippen molar-refractivity contribution in [2.24, 2.45) is 5.73 Å². The number of sulfone groups is 1. The van der Waals surface area contributed by atoms with Gasteiger partial charge in [-0.25, -0.2) is 18.4 Å². The Labute approximate surface area is 235 Å². The number of fused-ring (bicyclic) bond motifs is 13. The molecule has 0 aliphatic carbocycles. The first-order valence-corrected chi connectivity index (χ1v) is 14.9. The van der Waals surface area contributed by atoms with Crippen LogP contribution >= 0.6 is 0 Å². The largest absolute Gasteiger partial charge is 0.491 e. The zero-order chi connectivity index (χ0) is 28.9. The molecule has 0 saturated carbocycles. The van der Waals surface area contributed by atoms with Gasteiger partial charge in [-0.2, -0.15) is 0 Å². The summed E-state index contributed by atoms with van der Waals surface area (Å²) in [5.41, 5.74) is 14.0. The van der Waals surface area contributed by atoms with Crippen molar-refractivity contribution in [2.75, 3.05) is 17.7 Å². The molecular weight excluding hydrogens is 530 g/mol. The fourth-order valence-corrected chi connectivity index (χ4v) is 6.36. The van der Waals surface area contributed by atoms with Gasteiger partial charge >= 0.3 is 0 Å². The number of nitrogen functional groups attached to an aromatic ring is 1. The summed E-state index contributed by atoms with van der Waals surface area (Å²) in [6, 6.07) is 11.6. The van der Waals surface area contributed by atoms with Crippen molar-refractivity contribution in [1.29, 1.82) is 0 Å². The van der Waals surface area contributed by atoms with Gasteiger partial charge in [0.1, 0.15) is 5.75 Å². The summed E-state index contributed by atoms with van der Waals surface area (Å²) in [7, 11) is -3.74. The number of aromatic nitrogens is 2. The highest BCUT2D eigenvalue weighted by Gasteiger charge is 2.37. The van der Waals surface area contributed by atoms with Gasteiger partial charge in [0.05, 0.1) is 39.9 Å². The molecule has 11 heteroatoms. The van der Waals surface area contributed by atoms with E-state index in [0.717, 1.165) is 31.2 Å². The maximum absolute atomic E-state index is 13.4. The fraction of sp³-hybridized carbons (Fsp3) is 0.414. The van der Waals surface area contributed by atoms with Gasteiger partial charge in [-0.3, -0.25) is 4.79 Å². The summed E-state index contributed by atoms with van der Waals surface area (Å²) in [5, 5.41) is 13.5. The SMILES string of the molecule is CC1(C)C[C@@H](O)CCCCCCOc2c(CN)cccc2NC(=O)c2nc(cnc2N)-c2ccc(cc2)S1(=O)=O. The Kier molecular flexibility index (Phi) is 9.07. The zero-order valence-corrected chi connectivity index (χ0v) is 23.7. The molecule has 1 amide bonds. The second-order valence-corrected chi connectivity index (χ2v) is 13.2. The average Bonchev–Trinajstić information content (AvgIpc) is 2.92. The van der Waals surface area contributed by atoms with Crippen LogP contribution in [-0.2, 0) is 16.4 Å². The number of nitrogens with zero attached hydrogens (tertiary/aromatic N) is 2. The lowest BCUT2D eigenvalue weighted by Crippen LogP contribution is -2.36. The molecule has 3 heterocycles. The van der Waals surface area contributed by atoms with Crippen LogP contribution in [0.5, 0.6) is 5.75 Å². The monoisotopic (exact) mass is 567 g/mol. The van der Waals surface area contributed by atoms with Crippen LogP contribution in [0, 0.1) is 0 Å². The van der Waals surface area contributed by atoms with E-state index in [1.165, 1.54) is 18.3 Å². The summed E-state index contributed by atoms with van der Waals surface area (Å²) in [6.45, 7) is 3.93. The molecule has 2 aromatic carbocycles. The van der Waals surface area contributed by atoms with Crippen molar-refractivity contribution in [2.45, 2.75) is 74.7 Å². The summed E-state index contributed by atoms with van der Waals surface area (Å²) in [6.07, 6.45) is 4.61. The lowest BCUT2D eigenvalue weighted by molar-refractivity contribution is 0.102. The van der Waals surface area contributed by atoms with Crippen LogP contribution in [0.4, 0.5) is 11.5 Å². The van der Waals surface area contributed by atoms with Gasteiger partial charge in [0, 0.05) is 17.7 Å². The number of amides is 1. The quantitative estimate of drug-likeness (QED) is 0.338. The number of anilines is 2. The molecule has 2 aliphatic heterocycles. The molecule has 1 aromatic heterocycles. The van der Waals surface area contributed by atoms with Gasteiger partial charge in [0.2, 0.25) is 0 Å². The number of aliphatic hydroxyl groups excluding tert-OH is 1. The Hall–Kier alpha value is -3.54. The maximum atomic E-state index is 13.4.